The number of nitrogens with zero attached hydrogens (tertiary/aromatic N) is 1. The van der Waals surface area contributed by atoms with Gasteiger partial charge in [0.15, 0.2) is 0 Å². The third kappa shape index (κ3) is 2.91. The van der Waals surface area contributed by atoms with Gasteiger partial charge >= 0.3 is 11.9 Å². The van der Waals surface area contributed by atoms with Crippen LogP contribution in [0.1, 0.15) is 17.4 Å². The molecular weight excluding hydrogens is 278 g/mol. The van der Waals surface area contributed by atoms with Crippen molar-refractivity contribution >= 4 is 5.97 Å². The van der Waals surface area contributed by atoms with E-state index in [-0.39, 0.29) is 24.1 Å². The topological polar surface area (TPSA) is 91.0 Å². The van der Waals surface area contributed by atoms with Crippen molar-refractivity contribution in [1.82, 2.24) is 4.98 Å². The number of rotatable bonds is 6. The molecule has 7 nitrogen and oxygen atoms in total. The number of carboxylic acid groups (broad SMARTS) is 1. The predicted octanol–water partition coefficient (Wildman–Crippen LogP) is 2.46. The molecule has 0 aliphatic heterocycles. The molecule has 7 heteroatoms. The second-order valence-corrected chi connectivity index (χ2v) is 3.96. The summed E-state index contributed by atoms with van der Waals surface area (Å²) < 4.78 is 20.9. The normalized spacial score (nSPS) is 10.2. The molecule has 0 radical (unpaired) electrons. The lowest BCUT2D eigenvalue weighted by molar-refractivity contribution is 0.0683. The maximum Gasteiger partial charge on any atom is 0.362 e. The summed E-state index contributed by atoms with van der Waals surface area (Å²) in [6.45, 7) is 2.00. The molecule has 0 atom stereocenters. The lowest BCUT2D eigenvalue weighted by atomic mass is 10.2. The molecule has 21 heavy (non-hydrogen) atoms. The molecule has 0 spiro atoms. The fourth-order valence-corrected chi connectivity index (χ4v) is 1.76. The van der Waals surface area contributed by atoms with Crippen molar-refractivity contribution in [3.63, 3.8) is 0 Å². The zero-order valence-electron chi connectivity index (χ0n) is 11.9. The van der Waals surface area contributed by atoms with Crippen molar-refractivity contribution in [3.8, 4) is 28.9 Å². The number of carbonyl (C=O) groups is 1. The molecule has 0 saturated carbocycles. The molecular formula is C14H15NO6. The number of aromatic nitrogens is 1. The first-order valence-electron chi connectivity index (χ1n) is 6.20. The quantitative estimate of drug-likeness (QED) is 0.874. The Balaban J connectivity index is 2.51. The van der Waals surface area contributed by atoms with Crippen LogP contribution in [0.25, 0.3) is 11.5 Å². The van der Waals surface area contributed by atoms with Gasteiger partial charge in [0.1, 0.15) is 11.5 Å². The van der Waals surface area contributed by atoms with Crippen LogP contribution in [0.3, 0.4) is 0 Å². The predicted molar refractivity (Wildman–Crippen MR) is 73.2 cm³/mol. The van der Waals surface area contributed by atoms with Gasteiger partial charge in [0.25, 0.3) is 0 Å². The van der Waals surface area contributed by atoms with Crippen LogP contribution in [0.2, 0.25) is 0 Å². The van der Waals surface area contributed by atoms with Gasteiger partial charge in [-0.3, -0.25) is 0 Å². The van der Waals surface area contributed by atoms with Gasteiger partial charge in [0.05, 0.1) is 26.4 Å². The van der Waals surface area contributed by atoms with E-state index >= 15 is 0 Å². The highest BCUT2D eigenvalue weighted by atomic mass is 16.6. The van der Waals surface area contributed by atoms with E-state index in [1.165, 1.54) is 14.2 Å². The second kappa shape index (κ2) is 6.17. The molecule has 0 unspecified atom stereocenters. The Morgan fingerprint density at radius 3 is 2.67 bits per heavy atom. The van der Waals surface area contributed by atoms with Crippen LogP contribution in [-0.4, -0.2) is 36.9 Å². The van der Waals surface area contributed by atoms with Crippen molar-refractivity contribution in [2.45, 2.75) is 6.92 Å². The van der Waals surface area contributed by atoms with Crippen LogP contribution in [-0.2, 0) is 0 Å². The smallest absolute Gasteiger partial charge is 0.362 e. The van der Waals surface area contributed by atoms with Gasteiger partial charge in [-0.2, -0.15) is 4.98 Å². The summed E-state index contributed by atoms with van der Waals surface area (Å²) >= 11 is 0. The van der Waals surface area contributed by atoms with E-state index < -0.39 is 5.97 Å². The minimum absolute atomic E-state index is 0.107. The van der Waals surface area contributed by atoms with Gasteiger partial charge in [-0.1, -0.05) is 0 Å². The van der Waals surface area contributed by atoms with Crippen LogP contribution in [0.4, 0.5) is 0 Å². The zero-order valence-corrected chi connectivity index (χ0v) is 11.9. The molecule has 0 amide bonds. The number of ether oxygens (including phenoxy) is 3. The van der Waals surface area contributed by atoms with E-state index in [0.29, 0.717) is 17.1 Å². The summed E-state index contributed by atoms with van der Waals surface area (Å²) in [5.41, 5.74) is 0.233. The molecule has 112 valence electrons. The SMILES string of the molecule is CCOc1oc(-c2ccc(OC)cc2OC)nc1C(=O)O. The highest BCUT2D eigenvalue weighted by Gasteiger charge is 2.23. The van der Waals surface area contributed by atoms with Gasteiger partial charge in [0.2, 0.25) is 11.6 Å². The summed E-state index contributed by atoms with van der Waals surface area (Å²) in [4.78, 5) is 15.1. The molecule has 1 heterocycles. The third-order valence-electron chi connectivity index (χ3n) is 2.71. The molecule has 2 aromatic rings. The summed E-state index contributed by atoms with van der Waals surface area (Å²) in [5, 5.41) is 9.11. The Labute approximate surface area is 121 Å². The van der Waals surface area contributed by atoms with E-state index in [0.717, 1.165) is 0 Å². The maximum atomic E-state index is 11.1. The van der Waals surface area contributed by atoms with Crippen molar-refractivity contribution in [3.05, 3.63) is 23.9 Å². The molecule has 0 bridgehead atoms. The molecule has 0 aliphatic carbocycles. The average Bonchev–Trinajstić information content (AvgIpc) is 2.91. The average molecular weight is 293 g/mol. The molecule has 0 fully saturated rings. The molecule has 2 rings (SSSR count). The van der Waals surface area contributed by atoms with Crippen LogP contribution < -0.4 is 14.2 Å². The van der Waals surface area contributed by atoms with E-state index in [2.05, 4.69) is 4.98 Å². The summed E-state index contributed by atoms with van der Waals surface area (Å²) in [6.07, 6.45) is 0. The Hall–Kier alpha value is -2.70. The number of oxazole rings is 1. The first kappa shape index (κ1) is 14.7. The minimum atomic E-state index is -1.22. The van der Waals surface area contributed by atoms with Gasteiger partial charge < -0.3 is 23.7 Å². The standard InChI is InChI=1S/C14H15NO6/c1-4-20-14-11(13(16)17)15-12(21-14)9-6-5-8(18-2)7-10(9)19-3/h5-7H,4H2,1-3H3,(H,16,17). The van der Waals surface area contributed by atoms with Crippen molar-refractivity contribution < 1.29 is 28.5 Å². The molecule has 0 saturated heterocycles. The van der Waals surface area contributed by atoms with Crippen molar-refractivity contribution in [2.75, 3.05) is 20.8 Å². The largest absolute Gasteiger partial charge is 0.497 e. The third-order valence-corrected chi connectivity index (χ3v) is 2.71. The van der Waals surface area contributed by atoms with E-state index in [1.807, 2.05) is 0 Å². The number of methoxy groups -OCH3 is 2. The zero-order chi connectivity index (χ0) is 15.4. The second-order valence-electron chi connectivity index (χ2n) is 3.96. The van der Waals surface area contributed by atoms with Crippen LogP contribution in [0.15, 0.2) is 22.6 Å². The van der Waals surface area contributed by atoms with Gasteiger partial charge in [-0.25, -0.2) is 4.79 Å². The highest BCUT2D eigenvalue weighted by Crippen LogP contribution is 2.35. The highest BCUT2D eigenvalue weighted by molar-refractivity contribution is 5.88. The summed E-state index contributed by atoms with van der Waals surface area (Å²) in [6, 6.07) is 5.02. The Bertz CT molecular complexity index is 649. The Morgan fingerprint density at radius 1 is 1.33 bits per heavy atom. The van der Waals surface area contributed by atoms with E-state index in [1.54, 1.807) is 25.1 Å². The van der Waals surface area contributed by atoms with E-state index in [9.17, 15) is 4.79 Å². The first-order valence-corrected chi connectivity index (χ1v) is 6.20. The van der Waals surface area contributed by atoms with Crippen molar-refractivity contribution in [1.29, 1.82) is 0 Å². The molecule has 1 N–H and O–H groups in total. The van der Waals surface area contributed by atoms with Gasteiger partial charge in [-0.05, 0) is 19.1 Å². The number of carboxylic acids is 1. The summed E-state index contributed by atoms with van der Waals surface area (Å²) in [7, 11) is 3.03. The van der Waals surface area contributed by atoms with E-state index in [4.69, 9.17) is 23.7 Å². The Morgan fingerprint density at radius 2 is 2.10 bits per heavy atom. The van der Waals surface area contributed by atoms with Crippen LogP contribution in [0.5, 0.6) is 17.4 Å². The van der Waals surface area contributed by atoms with Crippen molar-refractivity contribution in [2.24, 2.45) is 0 Å². The van der Waals surface area contributed by atoms with Gasteiger partial charge in [-0.15, -0.1) is 0 Å². The minimum Gasteiger partial charge on any atom is -0.497 e. The lowest BCUT2D eigenvalue weighted by Crippen LogP contribution is -2.01. The molecule has 1 aromatic heterocycles. The van der Waals surface area contributed by atoms with Crippen LogP contribution >= 0.6 is 0 Å². The molecule has 1 aromatic carbocycles. The lowest BCUT2D eigenvalue weighted by Gasteiger charge is -2.07. The number of hydrogen-bond acceptors (Lipinski definition) is 6. The number of benzene rings is 1. The maximum absolute atomic E-state index is 11.1. The van der Waals surface area contributed by atoms with Crippen LogP contribution in [0, 0.1) is 0 Å². The Kier molecular flexibility index (Phi) is 4.32. The fourth-order valence-electron chi connectivity index (χ4n) is 1.76. The van der Waals surface area contributed by atoms with Gasteiger partial charge in [0, 0.05) is 6.07 Å². The number of aromatic carboxylic acids is 1. The number of hydrogen-bond donors (Lipinski definition) is 1. The molecule has 0 aliphatic rings. The summed E-state index contributed by atoms with van der Waals surface area (Å²) in [5.74, 6) is -0.185. The monoisotopic (exact) mass is 293 g/mol. The fraction of sp³-hybridized carbons (Fsp3) is 0.286. The first-order chi connectivity index (χ1) is 10.1.